The number of aromatic nitrogens is 3. The van der Waals surface area contributed by atoms with Gasteiger partial charge in [-0.25, -0.2) is 24.1 Å². The number of hydrogen-bond donors (Lipinski definition) is 6. The van der Waals surface area contributed by atoms with Gasteiger partial charge in [0, 0.05) is 23.9 Å². The number of nitrogens with one attached hydrogen (secondary N) is 1. The first-order chi connectivity index (χ1) is 18.3. The normalized spacial score (nSPS) is 17.6. The van der Waals surface area contributed by atoms with E-state index in [1.807, 2.05) is 0 Å². The summed E-state index contributed by atoms with van der Waals surface area (Å²) in [6, 6.07) is -0.210. The zero-order valence-corrected chi connectivity index (χ0v) is 21.3. The molecule has 3 heterocycles. The first kappa shape index (κ1) is 27.4. The summed E-state index contributed by atoms with van der Waals surface area (Å²) in [6.45, 7) is 0.982. The van der Waals surface area contributed by atoms with Gasteiger partial charge in [-0.05, 0) is 6.92 Å². The highest BCUT2D eigenvalue weighted by Crippen LogP contribution is 2.29. The molecule has 7 N–H and O–H groups in total. The standard InChI is InChI=1S/C20H19N7O10S2/c1-7-14(18(31)27(7)39(34,35)36)25-17(30)15(11-6-38-20(21)24-11)26-37-3-2-8-16(19(32)33)23-10-5-13(29)12(28)4-9(10)22-8/h4-7,14,28-29H,2-3H2,1H3,(H2,21,24)(H,25,30)(H,32,33)(H,34,35,36). The van der Waals surface area contributed by atoms with Gasteiger partial charge in [0.1, 0.15) is 18.3 Å². The van der Waals surface area contributed by atoms with Crippen molar-refractivity contribution in [3.05, 3.63) is 34.6 Å². The molecule has 1 aliphatic rings. The van der Waals surface area contributed by atoms with Crippen LogP contribution in [0.5, 0.6) is 11.5 Å². The number of rotatable bonds is 9. The largest absolute Gasteiger partial charge is 0.504 e. The maximum absolute atomic E-state index is 12.9. The number of carboxylic acids is 1. The summed E-state index contributed by atoms with van der Waals surface area (Å²) >= 11 is 0.979. The average Bonchev–Trinajstić information content (AvgIpc) is 3.27. The van der Waals surface area contributed by atoms with Crippen molar-refractivity contribution < 1.29 is 47.5 Å². The molecule has 2 atom stereocenters. The Labute approximate surface area is 222 Å². The van der Waals surface area contributed by atoms with Crippen molar-refractivity contribution in [2.45, 2.75) is 25.4 Å². The number of β-lactam (4-membered cyclic amide) rings is 1. The molecule has 39 heavy (non-hydrogen) atoms. The van der Waals surface area contributed by atoms with Crippen LogP contribution in [0.1, 0.15) is 28.8 Å². The highest BCUT2D eigenvalue weighted by Gasteiger charge is 2.51. The molecule has 4 rings (SSSR count). The molecule has 19 heteroatoms. The quantitative estimate of drug-likeness (QED) is 0.0454. The van der Waals surface area contributed by atoms with E-state index in [9.17, 15) is 38.1 Å². The van der Waals surface area contributed by atoms with E-state index in [4.69, 9.17) is 15.1 Å². The van der Waals surface area contributed by atoms with E-state index in [2.05, 4.69) is 25.4 Å². The average molecular weight is 582 g/mol. The Hall–Kier alpha value is -4.62. The third-order valence-electron chi connectivity index (χ3n) is 5.47. The molecule has 2 unspecified atom stereocenters. The van der Waals surface area contributed by atoms with Crippen LogP contribution in [-0.4, -0.2) is 89.7 Å². The van der Waals surface area contributed by atoms with Crippen molar-refractivity contribution in [1.82, 2.24) is 24.6 Å². The van der Waals surface area contributed by atoms with Crippen molar-refractivity contribution in [1.29, 1.82) is 0 Å². The fourth-order valence-corrected chi connectivity index (χ4v) is 5.06. The number of aromatic carboxylic acids is 1. The van der Waals surface area contributed by atoms with Gasteiger partial charge in [-0.3, -0.25) is 14.1 Å². The van der Waals surface area contributed by atoms with E-state index in [0.29, 0.717) is 0 Å². The van der Waals surface area contributed by atoms with Crippen LogP contribution in [0.3, 0.4) is 0 Å². The summed E-state index contributed by atoms with van der Waals surface area (Å²) in [7, 11) is -4.80. The van der Waals surface area contributed by atoms with Gasteiger partial charge in [0.15, 0.2) is 28.0 Å². The van der Waals surface area contributed by atoms with Crippen LogP contribution < -0.4 is 11.1 Å². The number of amides is 2. The molecular weight excluding hydrogens is 562 g/mol. The second-order valence-corrected chi connectivity index (χ2v) is 10.2. The Morgan fingerprint density at radius 2 is 1.85 bits per heavy atom. The highest BCUT2D eigenvalue weighted by atomic mass is 32.2. The summed E-state index contributed by atoms with van der Waals surface area (Å²) in [5.41, 5.74) is 4.83. The predicted molar refractivity (Wildman–Crippen MR) is 132 cm³/mol. The Morgan fingerprint density at radius 3 is 2.38 bits per heavy atom. The fourth-order valence-electron chi connectivity index (χ4n) is 3.63. The summed E-state index contributed by atoms with van der Waals surface area (Å²) in [5.74, 6) is -4.43. The molecular formula is C20H19N7O10S2. The number of phenolic OH excluding ortho intramolecular Hbond substituents is 2. The van der Waals surface area contributed by atoms with Crippen LogP contribution in [0.15, 0.2) is 22.7 Å². The van der Waals surface area contributed by atoms with Crippen molar-refractivity contribution in [3.8, 4) is 11.5 Å². The first-order valence-electron chi connectivity index (χ1n) is 10.8. The maximum Gasteiger partial charge on any atom is 0.362 e. The van der Waals surface area contributed by atoms with Gasteiger partial charge < -0.3 is 31.2 Å². The number of nitrogens with two attached hydrogens (primary N) is 1. The molecule has 2 aromatic heterocycles. The number of carboxylic acid groups (broad SMARTS) is 1. The number of thiazole rings is 1. The van der Waals surface area contributed by atoms with Crippen LogP contribution in [-0.2, 0) is 31.2 Å². The van der Waals surface area contributed by atoms with Gasteiger partial charge in [-0.1, -0.05) is 5.16 Å². The number of phenols is 2. The van der Waals surface area contributed by atoms with Crippen molar-refractivity contribution in [3.63, 3.8) is 0 Å². The molecule has 0 saturated carbocycles. The number of carbonyl (C=O) groups is 3. The number of benzene rings is 1. The van der Waals surface area contributed by atoms with Gasteiger partial charge in [0.05, 0.1) is 22.8 Å². The minimum Gasteiger partial charge on any atom is -0.504 e. The monoisotopic (exact) mass is 581 g/mol. The Bertz CT molecular complexity index is 1640. The minimum atomic E-state index is -4.80. The second-order valence-electron chi connectivity index (χ2n) is 8.05. The number of hydrogen-bond acceptors (Lipinski definition) is 14. The number of nitrogen functional groups attached to an aromatic ring is 1. The molecule has 17 nitrogen and oxygen atoms in total. The van der Waals surface area contributed by atoms with E-state index in [0.717, 1.165) is 23.5 Å². The molecule has 1 fully saturated rings. The zero-order chi connectivity index (χ0) is 28.6. The Morgan fingerprint density at radius 1 is 1.21 bits per heavy atom. The molecule has 3 aromatic rings. The lowest BCUT2D eigenvalue weighted by Gasteiger charge is -2.42. The Balaban J connectivity index is 1.52. The second kappa shape index (κ2) is 10.3. The number of nitrogens with zero attached hydrogens (tertiary/aromatic N) is 5. The summed E-state index contributed by atoms with van der Waals surface area (Å²) in [4.78, 5) is 53.9. The third-order valence-corrected chi connectivity index (χ3v) is 7.16. The van der Waals surface area contributed by atoms with Crippen LogP contribution in [0.2, 0.25) is 0 Å². The number of aromatic hydroxyl groups is 2. The van der Waals surface area contributed by atoms with E-state index in [-0.39, 0.29) is 44.9 Å². The number of oxime groups is 1. The lowest BCUT2D eigenvalue weighted by atomic mass is 10.0. The van der Waals surface area contributed by atoms with Crippen molar-refractivity contribution in [2.24, 2.45) is 5.16 Å². The van der Waals surface area contributed by atoms with Crippen molar-refractivity contribution >= 4 is 61.3 Å². The minimum absolute atomic E-state index is 0.0203. The van der Waals surface area contributed by atoms with Crippen LogP contribution in [0.25, 0.3) is 11.0 Å². The number of fused-ring (bicyclic) bond motifs is 1. The lowest BCUT2D eigenvalue weighted by molar-refractivity contribution is -0.143. The first-order valence-corrected chi connectivity index (χ1v) is 13.0. The zero-order valence-electron chi connectivity index (χ0n) is 19.7. The summed E-state index contributed by atoms with van der Waals surface area (Å²) in [5, 5.41) is 36.3. The van der Waals surface area contributed by atoms with Crippen LogP contribution in [0, 0.1) is 0 Å². The van der Waals surface area contributed by atoms with Crippen LogP contribution in [0.4, 0.5) is 5.13 Å². The molecule has 2 amide bonds. The van der Waals surface area contributed by atoms with Crippen molar-refractivity contribution in [2.75, 3.05) is 12.3 Å². The van der Waals surface area contributed by atoms with Gasteiger partial charge in [-0.15, -0.1) is 11.3 Å². The Kier molecular flexibility index (Phi) is 7.22. The molecule has 0 spiro atoms. The summed E-state index contributed by atoms with van der Waals surface area (Å²) < 4.78 is 31.9. The van der Waals surface area contributed by atoms with E-state index < -0.39 is 63.1 Å². The molecule has 0 aliphatic carbocycles. The third kappa shape index (κ3) is 5.49. The maximum atomic E-state index is 12.9. The van der Waals surface area contributed by atoms with E-state index in [1.54, 1.807) is 0 Å². The molecule has 0 radical (unpaired) electrons. The highest BCUT2D eigenvalue weighted by molar-refractivity contribution is 7.84. The molecule has 1 saturated heterocycles. The summed E-state index contributed by atoms with van der Waals surface area (Å²) in [6.07, 6.45) is -0.161. The van der Waals surface area contributed by atoms with E-state index in [1.165, 1.54) is 12.3 Å². The topological polar surface area (TPSA) is 268 Å². The molecule has 1 aliphatic heterocycles. The molecule has 0 bridgehead atoms. The van der Waals surface area contributed by atoms with E-state index >= 15 is 0 Å². The smallest absolute Gasteiger partial charge is 0.362 e. The lowest BCUT2D eigenvalue weighted by Crippen LogP contribution is -2.71. The van der Waals surface area contributed by atoms with Gasteiger partial charge in [-0.2, -0.15) is 8.42 Å². The van der Waals surface area contributed by atoms with Gasteiger partial charge in [0.25, 0.3) is 11.8 Å². The molecule has 206 valence electrons. The van der Waals surface area contributed by atoms with Gasteiger partial charge >= 0.3 is 16.3 Å². The van der Waals surface area contributed by atoms with Crippen LogP contribution >= 0.6 is 11.3 Å². The fraction of sp³-hybridized carbons (Fsp3) is 0.250. The molecule has 1 aromatic carbocycles. The SMILES string of the molecule is CC1C(NC(=O)C(=NOCCc2nc3cc(O)c(O)cc3nc2C(=O)O)c2csc(N)n2)C(=O)N1S(=O)(=O)O. The number of carbonyl (C=O) groups excluding carboxylic acids is 2. The predicted octanol–water partition coefficient (Wildman–Crippen LogP) is -0.740. The van der Waals surface area contributed by atoms with Gasteiger partial charge in [0.2, 0.25) is 0 Å². The number of anilines is 1.